The Morgan fingerprint density at radius 1 is 0.927 bits per heavy atom. The van der Waals surface area contributed by atoms with Crippen LogP contribution in [0.1, 0.15) is 73.3 Å². The first kappa shape index (κ1) is 30.7. The van der Waals surface area contributed by atoms with Gasteiger partial charge in [-0.05, 0) is 68.4 Å². The van der Waals surface area contributed by atoms with E-state index in [0.717, 1.165) is 5.56 Å². The van der Waals surface area contributed by atoms with E-state index in [1.54, 1.807) is 4.90 Å². The summed E-state index contributed by atoms with van der Waals surface area (Å²) in [5.74, 6) is -0.645. The van der Waals surface area contributed by atoms with E-state index in [2.05, 4.69) is 5.32 Å². The molecule has 2 unspecified atom stereocenters. The molecule has 0 radical (unpaired) electrons. The van der Waals surface area contributed by atoms with Gasteiger partial charge in [0.05, 0.1) is 23.3 Å². The molecule has 3 atom stereocenters. The molecule has 0 spiro atoms. The van der Waals surface area contributed by atoms with Gasteiger partial charge >= 0.3 is 18.4 Å². The van der Waals surface area contributed by atoms with Crippen molar-refractivity contribution in [2.45, 2.75) is 75.5 Å². The third kappa shape index (κ3) is 7.72. The summed E-state index contributed by atoms with van der Waals surface area (Å²) in [6, 6.07) is 10.4. The Balaban J connectivity index is 1.51. The maximum absolute atomic E-state index is 13.4. The number of halogens is 6. The van der Waals surface area contributed by atoms with Crippen LogP contribution < -0.4 is 5.32 Å². The molecule has 2 fully saturated rings. The number of rotatable bonds is 6. The topological polar surface area (TPSA) is 78.9 Å². The van der Waals surface area contributed by atoms with Crippen LogP contribution in [0, 0.1) is 5.92 Å². The number of hydrogen-bond acceptors (Lipinski definition) is 3. The SMILES string of the molecule is C[C@@H](OC1CCN(C(=O)[C@H]2CC[C@H](NC(=O)O)CC2)CC1c1ccccc1)c1cc(C(F)(F)F)cc(C(F)(F)F)c1. The van der Waals surface area contributed by atoms with Crippen molar-refractivity contribution in [1.82, 2.24) is 10.2 Å². The van der Waals surface area contributed by atoms with Crippen LogP contribution >= 0.6 is 0 Å². The molecule has 2 aromatic carbocycles. The van der Waals surface area contributed by atoms with Crippen LogP contribution in [0.3, 0.4) is 0 Å². The van der Waals surface area contributed by atoms with Gasteiger partial charge in [-0.3, -0.25) is 4.79 Å². The highest BCUT2D eigenvalue weighted by molar-refractivity contribution is 5.79. The molecule has 2 aliphatic rings. The summed E-state index contributed by atoms with van der Waals surface area (Å²) < 4.78 is 86.7. The van der Waals surface area contributed by atoms with Crippen molar-refractivity contribution >= 4 is 12.0 Å². The van der Waals surface area contributed by atoms with Gasteiger partial charge in [0.25, 0.3) is 0 Å². The fourth-order valence-corrected chi connectivity index (χ4v) is 5.79. The number of carbonyl (C=O) groups is 2. The van der Waals surface area contributed by atoms with Crippen molar-refractivity contribution in [3.05, 3.63) is 70.8 Å². The lowest BCUT2D eigenvalue weighted by molar-refractivity contribution is -0.143. The first-order valence-corrected chi connectivity index (χ1v) is 13.5. The van der Waals surface area contributed by atoms with Crippen LogP contribution in [0.2, 0.25) is 0 Å². The molecule has 2 N–H and O–H groups in total. The standard InChI is InChI=1S/C29H32F6N2O4/c1-17(20-13-21(28(30,31)32)15-22(14-20)29(33,34)35)41-25-11-12-37(16-24(25)18-5-3-2-4-6-18)26(38)19-7-9-23(10-8-19)36-27(39)40/h2-6,13-15,17,19,23-25,36H,7-12,16H2,1H3,(H,39,40)/t17-,19-,23-,24?,25?/m1/s1. The maximum Gasteiger partial charge on any atom is 0.416 e. The van der Waals surface area contributed by atoms with Crippen molar-refractivity contribution in [3.8, 4) is 0 Å². The van der Waals surface area contributed by atoms with Crippen LogP contribution in [0.25, 0.3) is 0 Å². The lowest BCUT2D eigenvalue weighted by atomic mass is 9.83. The molecular weight excluding hydrogens is 554 g/mol. The number of nitrogens with zero attached hydrogens (tertiary/aromatic N) is 1. The molecule has 1 saturated carbocycles. The smallest absolute Gasteiger partial charge is 0.416 e. The summed E-state index contributed by atoms with van der Waals surface area (Å²) in [6.07, 6.45) is -10.1. The van der Waals surface area contributed by atoms with Crippen molar-refractivity contribution in [1.29, 1.82) is 0 Å². The Morgan fingerprint density at radius 3 is 2.05 bits per heavy atom. The number of amides is 2. The normalized spacial score (nSPS) is 24.5. The number of carboxylic acid groups (broad SMARTS) is 1. The van der Waals surface area contributed by atoms with Gasteiger partial charge < -0.3 is 20.1 Å². The van der Waals surface area contributed by atoms with E-state index in [1.807, 2.05) is 30.3 Å². The van der Waals surface area contributed by atoms with Crippen LogP contribution in [0.4, 0.5) is 31.1 Å². The van der Waals surface area contributed by atoms with Gasteiger partial charge in [0.2, 0.25) is 5.91 Å². The van der Waals surface area contributed by atoms with Crippen molar-refractivity contribution in [2.24, 2.45) is 5.92 Å². The van der Waals surface area contributed by atoms with Crippen molar-refractivity contribution in [2.75, 3.05) is 13.1 Å². The fourth-order valence-electron chi connectivity index (χ4n) is 5.79. The average Bonchev–Trinajstić information content (AvgIpc) is 2.92. The predicted molar refractivity (Wildman–Crippen MR) is 137 cm³/mol. The number of ether oxygens (including phenoxy) is 1. The quantitative estimate of drug-likeness (QED) is 0.357. The summed E-state index contributed by atoms with van der Waals surface area (Å²) in [7, 11) is 0. The van der Waals surface area contributed by atoms with E-state index >= 15 is 0 Å². The molecule has 0 bridgehead atoms. The first-order valence-electron chi connectivity index (χ1n) is 13.5. The van der Waals surface area contributed by atoms with Gasteiger partial charge in [-0.2, -0.15) is 26.3 Å². The largest absolute Gasteiger partial charge is 0.465 e. The molecule has 1 aliphatic carbocycles. The molecule has 2 amide bonds. The molecule has 224 valence electrons. The third-order valence-electron chi connectivity index (χ3n) is 7.95. The summed E-state index contributed by atoms with van der Waals surface area (Å²) >= 11 is 0. The fraction of sp³-hybridized carbons (Fsp3) is 0.517. The van der Waals surface area contributed by atoms with Crippen LogP contribution in [0.15, 0.2) is 48.5 Å². The second-order valence-electron chi connectivity index (χ2n) is 10.7. The molecule has 1 saturated heterocycles. The molecule has 2 aromatic rings. The molecule has 1 heterocycles. The van der Waals surface area contributed by atoms with Crippen molar-refractivity contribution in [3.63, 3.8) is 0 Å². The molecule has 0 aromatic heterocycles. The Bertz CT molecular complexity index is 1180. The lowest BCUT2D eigenvalue weighted by Crippen LogP contribution is -2.49. The number of benzene rings is 2. The van der Waals surface area contributed by atoms with Gasteiger partial charge in [0.1, 0.15) is 0 Å². The summed E-state index contributed by atoms with van der Waals surface area (Å²) in [5, 5.41) is 11.4. The number of hydrogen-bond donors (Lipinski definition) is 2. The summed E-state index contributed by atoms with van der Waals surface area (Å²) in [4.78, 5) is 26.1. The van der Waals surface area contributed by atoms with Crippen LogP contribution in [-0.4, -0.2) is 47.2 Å². The van der Waals surface area contributed by atoms with E-state index in [0.29, 0.717) is 50.8 Å². The van der Waals surface area contributed by atoms with E-state index in [9.17, 15) is 35.9 Å². The molecule has 12 heteroatoms. The van der Waals surface area contributed by atoms with E-state index < -0.39 is 41.8 Å². The number of piperidine rings is 1. The summed E-state index contributed by atoms with van der Waals surface area (Å²) in [5.41, 5.74) is -2.18. The second kappa shape index (κ2) is 12.3. The van der Waals surface area contributed by atoms with Gasteiger partial charge in [0.15, 0.2) is 0 Å². The monoisotopic (exact) mass is 586 g/mol. The summed E-state index contributed by atoms with van der Waals surface area (Å²) in [6.45, 7) is 2.03. The third-order valence-corrected chi connectivity index (χ3v) is 7.95. The number of alkyl halides is 6. The predicted octanol–water partition coefficient (Wildman–Crippen LogP) is 7.01. The minimum Gasteiger partial charge on any atom is -0.465 e. The lowest BCUT2D eigenvalue weighted by Gasteiger charge is -2.41. The Labute approximate surface area is 233 Å². The van der Waals surface area contributed by atoms with Gasteiger partial charge in [-0.25, -0.2) is 4.79 Å². The second-order valence-corrected chi connectivity index (χ2v) is 10.7. The van der Waals surface area contributed by atoms with Gasteiger partial charge in [-0.15, -0.1) is 0 Å². The van der Waals surface area contributed by atoms with Crippen molar-refractivity contribution < 1.29 is 45.8 Å². The highest BCUT2D eigenvalue weighted by Crippen LogP contribution is 2.40. The van der Waals surface area contributed by atoms with E-state index in [1.165, 1.54) is 6.92 Å². The van der Waals surface area contributed by atoms with E-state index in [4.69, 9.17) is 9.84 Å². The Kier molecular flexibility index (Phi) is 9.20. The molecule has 6 nitrogen and oxygen atoms in total. The number of likely N-dealkylation sites (tertiary alicyclic amines) is 1. The zero-order chi connectivity index (χ0) is 29.9. The molecule has 1 aliphatic heterocycles. The Morgan fingerprint density at radius 2 is 1.51 bits per heavy atom. The highest BCUT2D eigenvalue weighted by atomic mass is 19.4. The maximum atomic E-state index is 13.4. The first-order chi connectivity index (χ1) is 19.2. The number of carbonyl (C=O) groups excluding carboxylic acids is 1. The zero-order valence-corrected chi connectivity index (χ0v) is 22.3. The zero-order valence-electron chi connectivity index (χ0n) is 22.3. The minimum atomic E-state index is -4.96. The minimum absolute atomic E-state index is 0.0427. The van der Waals surface area contributed by atoms with Crippen LogP contribution in [0.5, 0.6) is 0 Å². The Hall–Kier alpha value is -3.28. The molecule has 4 rings (SSSR count). The van der Waals surface area contributed by atoms with E-state index in [-0.39, 0.29) is 42.0 Å². The molecule has 41 heavy (non-hydrogen) atoms. The highest BCUT2D eigenvalue weighted by Gasteiger charge is 2.40. The molecular formula is C29H32F6N2O4. The van der Waals surface area contributed by atoms with Crippen LogP contribution in [-0.2, 0) is 21.9 Å². The van der Waals surface area contributed by atoms with Gasteiger partial charge in [-0.1, -0.05) is 30.3 Å². The average molecular weight is 587 g/mol. The number of nitrogens with one attached hydrogen (secondary N) is 1. The van der Waals surface area contributed by atoms with Gasteiger partial charge in [0, 0.05) is 31.0 Å².